The maximum Gasteiger partial charge on any atom is 0.225 e. The van der Waals surface area contributed by atoms with Crippen LogP contribution in [0.15, 0.2) is 73.1 Å². The molecule has 5 nitrogen and oxygen atoms in total. The Kier molecular flexibility index (Phi) is 8.55. The van der Waals surface area contributed by atoms with Crippen LogP contribution in [-0.4, -0.2) is 29.4 Å². The molecule has 0 unspecified atom stereocenters. The number of hydrogen-bond donors (Lipinski definition) is 0. The SMILES string of the molecule is COc1cc(CN(CCc2cccnc2)C(=O)C2CCCCC2)ccc1OCc1ccccc1. The molecule has 0 N–H and O–H groups in total. The predicted octanol–water partition coefficient (Wildman–Crippen LogP) is 5.82. The second-order valence-electron chi connectivity index (χ2n) is 8.97. The van der Waals surface area contributed by atoms with Gasteiger partial charge in [0.2, 0.25) is 5.91 Å². The summed E-state index contributed by atoms with van der Waals surface area (Å²) >= 11 is 0. The summed E-state index contributed by atoms with van der Waals surface area (Å²) in [6.45, 7) is 1.72. The molecule has 0 aliphatic heterocycles. The fourth-order valence-corrected chi connectivity index (χ4v) is 4.57. The number of aromatic nitrogens is 1. The number of benzene rings is 2. The maximum atomic E-state index is 13.5. The molecule has 1 aromatic heterocycles. The van der Waals surface area contributed by atoms with Gasteiger partial charge in [0.15, 0.2) is 11.5 Å². The van der Waals surface area contributed by atoms with E-state index >= 15 is 0 Å². The Labute approximate surface area is 202 Å². The van der Waals surface area contributed by atoms with Gasteiger partial charge < -0.3 is 14.4 Å². The van der Waals surface area contributed by atoms with Crippen LogP contribution in [0.25, 0.3) is 0 Å². The normalized spacial score (nSPS) is 13.9. The van der Waals surface area contributed by atoms with Crippen LogP contribution < -0.4 is 9.47 Å². The maximum absolute atomic E-state index is 13.5. The van der Waals surface area contributed by atoms with Crippen LogP contribution in [0.5, 0.6) is 11.5 Å². The molecule has 2 aromatic carbocycles. The lowest BCUT2D eigenvalue weighted by Crippen LogP contribution is -2.38. The van der Waals surface area contributed by atoms with Crippen molar-refractivity contribution in [1.29, 1.82) is 0 Å². The van der Waals surface area contributed by atoms with Gasteiger partial charge in [-0.05, 0) is 54.2 Å². The summed E-state index contributed by atoms with van der Waals surface area (Å²) in [5.74, 6) is 1.80. The molecule has 4 rings (SSSR count). The van der Waals surface area contributed by atoms with Gasteiger partial charge in [0, 0.05) is 31.4 Å². The lowest BCUT2D eigenvalue weighted by molar-refractivity contribution is -0.137. The molecule has 5 heteroatoms. The Bertz CT molecular complexity index is 1030. The molecule has 178 valence electrons. The summed E-state index contributed by atoms with van der Waals surface area (Å²) in [5.41, 5.74) is 3.29. The highest BCUT2D eigenvalue weighted by molar-refractivity contribution is 5.79. The molecule has 1 saturated carbocycles. The van der Waals surface area contributed by atoms with Crippen LogP contribution in [0.4, 0.5) is 0 Å². The number of methoxy groups -OCH3 is 1. The molecule has 0 atom stereocenters. The number of amides is 1. The number of carbonyl (C=O) groups excluding carboxylic acids is 1. The highest BCUT2D eigenvalue weighted by atomic mass is 16.5. The van der Waals surface area contributed by atoms with E-state index in [9.17, 15) is 4.79 Å². The first kappa shape index (κ1) is 23.8. The van der Waals surface area contributed by atoms with E-state index in [1.165, 1.54) is 6.42 Å². The van der Waals surface area contributed by atoms with Gasteiger partial charge in [-0.25, -0.2) is 0 Å². The Hall–Kier alpha value is -3.34. The number of nitrogens with zero attached hydrogens (tertiary/aromatic N) is 2. The molecule has 0 spiro atoms. The minimum Gasteiger partial charge on any atom is -0.493 e. The zero-order valence-corrected chi connectivity index (χ0v) is 20.0. The van der Waals surface area contributed by atoms with Crippen molar-refractivity contribution in [3.05, 3.63) is 89.7 Å². The Morgan fingerprint density at radius 2 is 1.74 bits per heavy atom. The third-order valence-corrected chi connectivity index (χ3v) is 6.50. The summed E-state index contributed by atoms with van der Waals surface area (Å²) in [5, 5.41) is 0. The molecular formula is C29H34N2O3. The van der Waals surface area contributed by atoms with Crippen LogP contribution in [0.2, 0.25) is 0 Å². The Morgan fingerprint density at radius 3 is 2.47 bits per heavy atom. The largest absolute Gasteiger partial charge is 0.493 e. The third kappa shape index (κ3) is 6.60. The Balaban J connectivity index is 1.46. The topological polar surface area (TPSA) is 51.7 Å². The van der Waals surface area contributed by atoms with E-state index < -0.39 is 0 Å². The van der Waals surface area contributed by atoms with Crippen molar-refractivity contribution in [3.8, 4) is 11.5 Å². The van der Waals surface area contributed by atoms with E-state index in [4.69, 9.17) is 9.47 Å². The van der Waals surface area contributed by atoms with E-state index in [0.29, 0.717) is 31.2 Å². The third-order valence-electron chi connectivity index (χ3n) is 6.50. The monoisotopic (exact) mass is 458 g/mol. The fourth-order valence-electron chi connectivity index (χ4n) is 4.57. The van der Waals surface area contributed by atoms with E-state index in [2.05, 4.69) is 11.1 Å². The van der Waals surface area contributed by atoms with Crippen molar-refractivity contribution in [3.63, 3.8) is 0 Å². The average Bonchev–Trinajstić information content (AvgIpc) is 2.91. The minimum absolute atomic E-state index is 0.137. The smallest absolute Gasteiger partial charge is 0.225 e. The number of hydrogen-bond acceptors (Lipinski definition) is 4. The standard InChI is InChI=1S/C29H34N2O3/c1-33-28-19-25(14-15-27(28)34-22-24-9-4-2-5-10-24)21-31(18-16-23-11-8-17-30-20-23)29(32)26-12-6-3-7-13-26/h2,4-5,8-11,14-15,17,19-20,26H,3,6-7,12-13,16,18,21-22H2,1H3. The zero-order chi connectivity index (χ0) is 23.6. The fraction of sp³-hybridized carbons (Fsp3) is 0.379. The van der Waals surface area contributed by atoms with Gasteiger partial charge in [0.05, 0.1) is 7.11 Å². The summed E-state index contributed by atoms with van der Waals surface area (Å²) in [4.78, 5) is 19.7. The molecule has 1 amide bonds. The van der Waals surface area contributed by atoms with Gasteiger partial charge in [-0.3, -0.25) is 9.78 Å². The minimum atomic E-state index is 0.137. The second kappa shape index (κ2) is 12.2. The van der Waals surface area contributed by atoms with Crippen molar-refractivity contribution < 1.29 is 14.3 Å². The van der Waals surface area contributed by atoms with E-state index in [-0.39, 0.29) is 11.8 Å². The van der Waals surface area contributed by atoms with Crippen molar-refractivity contribution in [1.82, 2.24) is 9.88 Å². The summed E-state index contributed by atoms with van der Waals surface area (Å²) in [7, 11) is 1.65. The lowest BCUT2D eigenvalue weighted by atomic mass is 9.88. The predicted molar refractivity (Wildman–Crippen MR) is 134 cm³/mol. The van der Waals surface area contributed by atoms with E-state index in [1.807, 2.05) is 65.7 Å². The van der Waals surface area contributed by atoms with E-state index in [0.717, 1.165) is 48.8 Å². The van der Waals surface area contributed by atoms with E-state index in [1.54, 1.807) is 13.3 Å². The summed E-state index contributed by atoms with van der Waals surface area (Å²) in [6.07, 6.45) is 9.98. The Morgan fingerprint density at radius 1 is 0.941 bits per heavy atom. The van der Waals surface area contributed by atoms with Gasteiger partial charge in [0.1, 0.15) is 6.61 Å². The molecule has 0 saturated heterocycles. The summed E-state index contributed by atoms with van der Waals surface area (Å²) in [6, 6.07) is 20.1. The molecule has 1 aliphatic carbocycles. The van der Waals surface area contributed by atoms with Gasteiger partial charge >= 0.3 is 0 Å². The van der Waals surface area contributed by atoms with Crippen LogP contribution in [0.3, 0.4) is 0 Å². The second-order valence-corrected chi connectivity index (χ2v) is 8.97. The van der Waals surface area contributed by atoms with Crippen LogP contribution in [0.1, 0.15) is 48.8 Å². The number of ether oxygens (including phenoxy) is 2. The molecule has 0 bridgehead atoms. The molecule has 1 heterocycles. The highest BCUT2D eigenvalue weighted by Gasteiger charge is 2.26. The quantitative estimate of drug-likeness (QED) is 0.384. The van der Waals surface area contributed by atoms with Gasteiger partial charge in [0.25, 0.3) is 0 Å². The van der Waals surface area contributed by atoms with Gasteiger partial charge in [-0.2, -0.15) is 0 Å². The van der Waals surface area contributed by atoms with Crippen molar-refractivity contribution >= 4 is 5.91 Å². The molecule has 1 aliphatic rings. The first-order chi connectivity index (χ1) is 16.7. The number of carbonyl (C=O) groups is 1. The van der Waals surface area contributed by atoms with Gasteiger partial charge in [-0.1, -0.05) is 61.7 Å². The van der Waals surface area contributed by atoms with Crippen molar-refractivity contribution in [2.75, 3.05) is 13.7 Å². The van der Waals surface area contributed by atoms with Crippen LogP contribution in [-0.2, 0) is 24.4 Å². The molecule has 1 fully saturated rings. The zero-order valence-electron chi connectivity index (χ0n) is 20.0. The average molecular weight is 459 g/mol. The van der Waals surface area contributed by atoms with Crippen LogP contribution in [0, 0.1) is 5.92 Å². The summed E-state index contributed by atoms with van der Waals surface area (Å²) < 4.78 is 11.6. The lowest BCUT2D eigenvalue weighted by Gasteiger charge is -2.30. The highest BCUT2D eigenvalue weighted by Crippen LogP contribution is 2.31. The van der Waals surface area contributed by atoms with Gasteiger partial charge in [-0.15, -0.1) is 0 Å². The molecular weight excluding hydrogens is 424 g/mol. The molecule has 3 aromatic rings. The first-order valence-electron chi connectivity index (χ1n) is 12.2. The molecule has 34 heavy (non-hydrogen) atoms. The van der Waals surface area contributed by atoms with Crippen LogP contribution >= 0.6 is 0 Å². The first-order valence-corrected chi connectivity index (χ1v) is 12.2. The molecule has 0 radical (unpaired) electrons. The number of rotatable bonds is 10. The van der Waals surface area contributed by atoms with Crippen molar-refractivity contribution in [2.24, 2.45) is 5.92 Å². The van der Waals surface area contributed by atoms with Crippen molar-refractivity contribution in [2.45, 2.75) is 51.7 Å². The number of pyridine rings is 1.